The van der Waals surface area contributed by atoms with Gasteiger partial charge in [-0.15, -0.1) is 0 Å². The summed E-state index contributed by atoms with van der Waals surface area (Å²) in [5, 5.41) is 3.46. The van der Waals surface area contributed by atoms with Crippen LogP contribution in [0.1, 0.15) is 39.4 Å². The lowest BCUT2D eigenvalue weighted by Gasteiger charge is -2.20. The third kappa shape index (κ3) is 5.19. The van der Waals surface area contributed by atoms with Crippen molar-refractivity contribution >= 4 is 0 Å². The Bertz CT molecular complexity index is 319. The number of imidazole rings is 1. The lowest BCUT2D eigenvalue weighted by atomic mass is 10.2. The molecule has 1 heterocycles. The van der Waals surface area contributed by atoms with Crippen LogP contribution in [0.15, 0.2) is 12.4 Å². The Balaban J connectivity index is 2.05. The van der Waals surface area contributed by atoms with Gasteiger partial charge in [0.1, 0.15) is 5.82 Å². The van der Waals surface area contributed by atoms with Crippen molar-refractivity contribution in [2.75, 3.05) is 20.1 Å². The summed E-state index contributed by atoms with van der Waals surface area (Å²) in [6.07, 6.45) is 6.39. The van der Waals surface area contributed by atoms with Gasteiger partial charge >= 0.3 is 0 Å². The average molecular weight is 252 g/mol. The lowest BCUT2D eigenvalue weighted by molar-refractivity contribution is 0.268. The molecule has 4 heteroatoms. The van der Waals surface area contributed by atoms with Crippen molar-refractivity contribution in [3.63, 3.8) is 0 Å². The molecule has 1 aromatic heterocycles. The van der Waals surface area contributed by atoms with Gasteiger partial charge in [-0.2, -0.15) is 0 Å². The van der Waals surface area contributed by atoms with Gasteiger partial charge in [-0.05, 0) is 53.8 Å². The Kier molecular flexibility index (Phi) is 6.98. The Morgan fingerprint density at radius 2 is 2.17 bits per heavy atom. The molecular formula is C14H28N4. The van der Waals surface area contributed by atoms with Crippen molar-refractivity contribution in [2.45, 2.75) is 52.7 Å². The maximum Gasteiger partial charge on any atom is 0.122 e. The number of aromatic nitrogens is 2. The van der Waals surface area contributed by atoms with Gasteiger partial charge in [0.15, 0.2) is 0 Å². The van der Waals surface area contributed by atoms with E-state index in [4.69, 9.17) is 0 Å². The van der Waals surface area contributed by atoms with Crippen molar-refractivity contribution in [3.8, 4) is 0 Å². The molecular weight excluding hydrogens is 224 g/mol. The highest BCUT2D eigenvalue weighted by atomic mass is 15.1. The van der Waals surface area contributed by atoms with E-state index >= 15 is 0 Å². The van der Waals surface area contributed by atoms with Crippen LogP contribution >= 0.6 is 0 Å². The number of nitrogens with one attached hydrogen (secondary N) is 1. The molecule has 18 heavy (non-hydrogen) atoms. The van der Waals surface area contributed by atoms with Crippen LogP contribution in [-0.4, -0.2) is 40.6 Å². The van der Waals surface area contributed by atoms with Gasteiger partial charge < -0.3 is 14.8 Å². The number of aryl methyl sites for hydroxylation is 1. The normalized spacial score (nSPS) is 11.7. The summed E-state index contributed by atoms with van der Waals surface area (Å²) in [6, 6.07) is 0.648. The molecule has 0 saturated heterocycles. The van der Waals surface area contributed by atoms with Crippen LogP contribution in [0.25, 0.3) is 0 Å². The van der Waals surface area contributed by atoms with E-state index < -0.39 is 0 Å². The summed E-state index contributed by atoms with van der Waals surface area (Å²) in [7, 11) is 2.19. The first kappa shape index (κ1) is 15.2. The fraction of sp³-hybridized carbons (Fsp3) is 0.786. The first-order valence-corrected chi connectivity index (χ1v) is 7.06. The smallest absolute Gasteiger partial charge is 0.122 e. The van der Waals surface area contributed by atoms with Crippen LogP contribution < -0.4 is 5.32 Å². The predicted molar refractivity (Wildman–Crippen MR) is 76.6 cm³/mol. The fourth-order valence-electron chi connectivity index (χ4n) is 1.86. The van der Waals surface area contributed by atoms with E-state index in [0.29, 0.717) is 6.04 Å². The molecule has 0 saturated carbocycles. The zero-order valence-corrected chi connectivity index (χ0v) is 12.3. The maximum atomic E-state index is 4.35. The quantitative estimate of drug-likeness (QED) is 0.683. The Morgan fingerprint density at radius 1 is 1.39 bits per heavy atom. The molecule has 4 nitrogen and oxygen atoms in total. The maximum absolute atomic E-state index is 4.35. The standard InChI is InChI=1S/C14H28N4/c1-5-18-11-9-16-14(18)12-15-8-6-7-10-17(4)13(2)3/h9,11,13,15H,5-8,10,12H2,1-4H3. The molecule has 0 aliphatic rings. The number of unbranched alkanes of at least 4 members (excludes halogenated alkanes) is 1. The van der Waals surface area contributed by atoms with Crippen molar-refractivity contribution in [1.82, 2.24) is 19.8 Å². The summed E-state index contributed by atoms with van der Waals surface area (Å²) in [4.78, 5) is 6.74. The highest BCUT2D eigenvalue weighted by Gasteiger charge is 2.02. The summed E-state index contributed by atoms with van der Waals surface area (Å²) in [5.74, 6) is 1.14. The number of rotatable bonds is 9. The number of nitrogens with zero attached hydrogens (tertiary/aromatic N) is 3. The second kappa shape index (κ2) is 8.27. The average Bonchev–Trinajstić information content (AvgIpc) is 2.80. The van der Waals surface area contributed by atoms with Crippen LogP contribution in [0, 0.1) is 0 Å². The van der Waals surface area contributed by atoms with Crippen LogP contribution in [-0.2, 0) is 13.1 Å². The third-order valence-corrected chi connectivity index (χ3v) is 3.42. The van der Waals surface area contributed by atoms with Crippen LogP contribution in [0.4, 0.5) is 0 Å². The Labute approximate surface area is 111 Å². The fourth-order valence-corrected chi connectivity index (χ4v) is 1.86. The second-order valence-electron chi connectivity index (χ2n) is 5.09. The van der Waals surface area contributed by atoms with E-state index in [1.165, 1.54) is 19.4 Å². The molecule has 0 radical (unpaired) electrons. The van der Waals surface area contributed by atoms with Crippen molar-refractivity contribution in [3.05, 3.63) is 18.2 Å². The van der Waals surface area contributed by atoms with E-state index in [1.807, 2.05) is 12.4 Å². The second-order valence-corrected chi connectivity index (χ2v) is 5.09. The van der Waals surface area contributed by atoms with Crippen molar-refractivity contribution in [2.24, 2.45) is 0 Å². The Hall–Kier alpha value is -0.870. The molecule has 0 aliphatic carbocycles. The minimum Gasteiger partial charge on any atom is -0.334 e. The van der Waals surface area contributed by atoms with Crippen molar-refractivity contribution in [1.29, 1.82) is 0 Å². The molecule has 0 fully saturated rings. The number of hydrogen-bond donors (Lipinski definition) is 1. The van der Waals surface area contributed by atoms with Gasteiger partial charge in [0, 0.05) is 25.0 Å². The van der Waals surface area contributed by atoms with Crippen LogP contribution in [0.3, 0.4) is 0 Å². The molecule has 0 bridgehead atoms. The first-order chi connectivity index (χ1) is 8.65. The molecule has 1 rings (SSSR count). The number of hydrogen-bond acceptors (Lipinski definition) is 3. The molecule has 104 valence electrons. The summed E-state index contributed by atoms with van der Waals surface area (Å²) in [5.41, 5.74) is 0. The molecule has 0 unspecified atom stereocenters. The van der Waals surface area contributed by atoms with Gasteiger partial charge in [-0.3, -0.25) is 0 Å². The molecule has 1 N–H and O–H groups in total. The summed E-state index contributed by atoms with van der Waals surface area (Å²) in [6.45, 7) is 10.8. The van der Waals surface area contributed by atoms with Gasteiger partial charge in [0.05, 0.1) is 6.54 Å². The van der Waals surface area contributed by atoms with E-state index in [-0.39, 0.29) is 0 Å². The van der Waals surface area contributed by atoms with Gasteiger partial charge in [-0.25, -0.2) is 4.98 Å². The highest BCUT2D eigenvalue weighted by molar-refractivity contribution is 4.91. The van der Waals surface area contributed by atoms with E-state index in [2.05, 4.69) is 47.6 Å². The van der Waals surface area contributed by atoms with E-state index in [9.17, 15) is 0 Å². The van der Waals surface area contributed by atoms with Gasteiger partial charge in [-0.1, -0.05) is 0 Å². The molecule has 0 atom stereocenters. The third-order valence-electron chi connectivity index (χ3n) is 3.42. The van der Waals surface area contributed by atoms with Crippen LogP contribution in [0.5, 0.6) is 0 Å². The Morgan fingerprint density at radius 3 is 2.83 bits per heavy atom. The summed E-state index contributed by atoms with van der Waals surface area (Å²) < 4.78 is 2.18. The molecule has 0 aliphatic heterocycles. The molecule has 0 spiro atoms. The molecule has 1 aromatic rings. The zero-order chi connectivity index (χ0) is 13.4. The topological polar surface area (TPSA) is 33.1 Å². The van der Waals surface area contributed by atoms with Gasteiger partial charge in [0.25, 0.3) is 0 Å². The van der Waals surface area contributed by atoms with E-state index in [0.717, 1.165) is 25.5 Å². The molecule has 0 amide bonds. The highest BCUT2D eigenvalue weighted by Crippen LogP contribution is 1.99. The minimum absolute atomic E-state index is 0.648. The lowest BCUT2D eigenvalue weighted by Crippen LogP contribution is -2.28. The van der Waals surface area contributed by atoms with Crippen molar-refractivity contribution < 1.29 is 0 Å². The molecule has 0 aromatic carbocycles. The monoisotopic (exact) mass is 252 g/mol. The predicted octanol–water partition coefficient (Wildman–Crippen LogP) is 2.11. The van der Waals surface area contributed by atoms with Gasteiger partial charge in [0.2, 0.25) is 0 Å². The first-order valence-electron chi connectivity index (χ1n) is 7.06. The summed E-state index contributed by atoms with van der Waals surface area (Å²) >= 11 is 0. The zero-order valence-electron chi connectivity index (χ0n) is 12.3. The van der Waals surface area contributed by atoms with E-state index in [1.54, 1.807) is 0 Å². The minimum atomic E-state index is 0.648. The SMILES string of the molecule is CCn1ccnc1CNCCCCN(C)C(C)C. The van der Waals surface area contributed by atoms with Crippen LogP contribution in [0.2, 0.25) is 0 Å². The largest absolute Gasteiger partial charge is 0.334 e.